The Morgan fingerprint density at radius 3 is 2.23 bits per heavy atom. The van der Waals surface area contributed by atoms with Crippen molar-refractivity contribution in [3.05, 3.63) is 0 Å². The minimum absolute atomic E-state index is 0.584. The lowest BCUT2D eigenvalue weighted by Gasteiger charge is -2.13. The van der Waals surface area contributed by atoms with Gasteiger partial charge in [0.15, 0.2) is 0 Å². The van der Waals surface area contributed by atoms with E-state index in [4.69, 9.17) is 12.2 Å². The summed E-state index contributed by atoms with van der Waals surface area (Å²) in [7, 11) is 0. The van der Waals surface area contributed by atoms with Gasteiger partial charge >= 0.3 is 0 Å². The Morgan fingerprint density at radius 2 is 1.77 bits per heavy atom. The van der Waals surface area contributed by atoms with Crippen LogP contribution < -0.4 is 0 Å². The standard InChI is InChI=1S/C11H22S2/c1-3-5-6-7-9-10(8-4-2)11(12)13/h10H,3-9H2,1-2H3,(H,12,13). The summed E-state index contributed by atoms with van der Waals surface area (Å²) >= 11 is 9.41. The van der Waals surface area contributed by atoms with Crippen LogP contribution >= 0.6 is 24.8 Å². The van der Waals surface area contributed by atoms with Crippen molar-refractivity contribution in [2.45, 2.75) is 58.8 Å². The molecule has 0 radical (unpaired) electrons. The molecule has 2 heteroatoms. The Bertz CT molecular complexity index is 132. The lowest BCUT2D eigenvalue weighted by molar-refractivity contribution is 0.526. The molecule has 0 nitrogen and oxygen atoms in total. The summed E-state index contributed by atoms with van der Waals surface area (Å²) in [4.78, 5) is 0. The third-order valence-corrected chi connectivity index (χ3v) is 3.09. The molecule has 0 saturated carbocycles. The average Bonchev–Trinajstić information content (AvgIpc) is 2.10. The molecule has 13 heavy (non-hydrogen) atoms. The van der Waals surface area contributed by atoms with Gasteiger partial charge in [-0.1, -0.05) is 58.2 Å². The summed E-state index contributed by atoms with van der Waals surface area (Å²) in [6.07, 6.45) is 9.03. The van der Waals surface area contributed by atoms with E-state index in [9.17, 15) is 0 Å². The number of rotatable bonds is 8. The van der Waals surface area contributed by atoms with Crippen molar-refractivity contribution in [1.82, 2.24) is 0 Å². The van der Waals surface area contributed by atoms with Gasteiger partial charge in [-0.05, 0) is 18.8 Å². The van der Waals surface area contributed by atoms with E-state index < -0.39 is 0 Å². The molecule has 0 saturated heterocycles. The van der Waals surface area contributed by atoms with Crippen LogP contribution in [-0.4, -0.2) is 4.20 Å². The normalized spacial score (nSPS) is 12.8. The van der Waals surface area contributed by atoms with E-state index in [-0.39, 0.29) is 0 Å². The van der Waals surface area contributed by atoms with Gasteiger partial charge in [-0.3, -0.25) is 0 Å². The predicted molar refractivity (Wildman–Crippen MR) is 68.7 cm³/mol. The summed E-state index contributed by atoms with van der Waals surface area (Å²) in [6.45, 7) is 4.46. The summed E-state index contributed by atoms with van der Waals surface area (Å²) in [5.74, 6) is 0.584. The van der Waals surface area contributed by atoms with Crippen LogP contribution in [0.25, 0.3) is 0 Å². The molecule has 0 rings (SSSR count). The van der Waals surface area contributed by atoms with E-state index >= 15 is 0 Å². The second-order valence-electron chi connectivity index (χ2n) is 3.67. The molecular formula is C11H22S2. The summed E-state index contributed by atoms with van der Waals surface area (Å²) < 4.78 is 0.915. The molecule has 78 valence electrons. The van der Waals surface area contributed by atoms with Crippen molar-refractivity contribution in [3.63, 3.8) is 0 Å². The maximum atomic E-state index is 5.12. The van der Waals surface area contributed by atoms with E-state index in [2.05, 4.69) is 26.5 Å². The van der Waals surface area contributed by atoms with Crippen LogP contribution in [0.1, 0.15) is 58.8 Å². The molecule has 0 bridgehead atoms. The quantitative estimate of drug-likeness (QED) is 0.352. The molecular weight excluding hydrogens is 196 g/mol. The number of hydrogen-bond acceptors (Lipinski definition) is 1. The van der Waals surface area contributed by atoms with Gasteiger partial charge in [0.1, 0.15) is 0 Å². The van der Waals surface area contributed by atoms with Gasteiger partial charge in [0, 0.05) is 4.20 Å². The zero-order valence-electron chi connectivity index (χ0n) is 8.88. The van der Waals surface area contributed by atoms with Crippen LogP contribution in [0.5, 0.6) is 0 Å². The SMILES string of the molecule is CCCCCCC(CCC)C(=S)S. The Kier molecular flexibility index (Phi) is 9.32. The lowest BCUT2D eigenvalue weighted by atomic mass is 9.98. The van der Waals surface area contributed by atoms with E-state index in [0.29, 0.717) is 5.92 Å². The highest BCUT2D eigenvalue weighted by atomic mass is 32.1. The Balaban J connectivity index is 3.51. The number of unbranched alkanes of at least 4 members (excludes halogenated alkanes) is 3. The van der Waals surface area contributed by atoms with Gasteiger partial charge in [0.25, 0.3) is 0 Å². The molecule has 0 aliphatic carbocycles. The molecule has 1 atom stereocenters. The third-order valence-electron chi connectivity index (χ3n) is 2.39. The number of thiol groups is 1. The van der Waals surface area contributed by atoms with E-state index in [1.54, 1.807) is 0 Å². The van der Waals surface area contributed by atoms with Crippen LogP contribution in [0.4, 0.5) is 0 Å². The number of thiocarbonyl (C=S) groups is 1. The summed E-state index contributed by atoms with van der Waals surface area (Å²) in [6, 6.07) is 0. The first-order chi connectivity index (χ1) is 6.22. The number of hydrogen-bond donors (Lipinski definition) is 1. The van der Waals surface area contributed by atoms with E-state index in [1.165, 1.54) is 44.9 Å². The first-order valence-electron chi connectivity index (χ1n) is 5.45. The molecule has 0 aliphatic rings. The van der Waals surface area contributed by atoms with E-state index in [1.807, 2.05) is 0 Å². The minimum atomic E-state index is 0.584. The third kappa shape index (κ3) is 7.51. The molecule has 0 aliphatic heterocycles. The minimum Gasteiger partial charge on any atom is -0.136 e. The molecule has 0 amide bonds. The highest BCUT2D eigenvalue weighted by Crippen LogP contribution is 2.19. The molecule has 0 heterocycles. The first kappa shape index (κ1) is 13.4. The second-order valence-corrected chi connectivity index (χ2v) is 4.90. The van der Waals surface area contributed by atoms with Crippen LogP contribution in [0.15, 0.2) is 0 Å². The van der Waals surface area contributed by atoms with Crippen molar-refractivity contribution in [1.29, 1.82) is 0 Å². The van der Waals surface area contributed by atoms with Crippen LogP contribution in [0.2, 0.25) is 0 Å². The fourth-order valence-electron chi connectivity index (χ4n) is 1.56. The average molecular weight is 218 g/mol. The highest BCUT2D eigenvalue weighted by Gasteiger charge is 2.09. The predicted octanol–water partition coefficient (Wildman–Crippen LogP) is 4.63. The Morgan fingerprint density at radius 1 is 1.08 bits per heavy atom. The monoisotopic (exact) mass is 218 g/mol. The van der Waals surface area contributed by atoms with Gasteiger partial charge in [-0.25, -0.2) is 0 Å². The van der Waals surface area contributed by atoms with Gasteiger partial charge in [-0.2, -0.15) is 0 Å². The Hall–Kier alpha value is 0.440. The molecule has 0 aromatic heterocycles. The van der Waals surface area contributed by atoms with E-state index in [0.717, 1.165) is 4.20 Å². The van der Waals surface area contributed by atoms with Gasteiger partial charge in [0.05, 0.1) is 0 Å². The fourth-order valence-corrected chi connectivity index (χ4v) is 2.05. The van der Waals surface area contributed by atoms with Crippen molar-refractivity contribution >= 4 is 29.0 Å². The van der Waals surface area contributed by atoms with Gasteiger partial charge in [0.2, 0.25) is 0 Å². The summed E-state index contributed by atoms with van der Waals surface area (Å²) in [5, 5.41) is 0. The smallest absolute Gasteiger partial charge is 0.0479 e. The fraction of sp³-hybridized carbons (Fsp3) is 0.909. The maximum absolute atomic E-state index is 5.12. The first-order valence-corrected chi connectivity index (χ1v) is 6.30. The van der Waals surface area contributed by atoms with Gasteiger partial charge < -0.3 is 0 Å². The molecule has 0 aromatic carbocycles. The van der Waals surface area contributed by atoms with Crippen LogP contribution in [-0.2, 0) is 0 Å². The van der Waals surface area contributed by atoms with Crippen molar-refractivity contribution < 1.29 is 0 Å². The summed E-state index contributed by atoms with van der Waals surface area (Å²) in [5.41, 5.74) is 0. The molecule has 0 spiro atoms. The zero-order chi connectivity index (χ0) is 10.1. The highest BCUT2D eigenvalue weighted by molar-refractivity contribution is 8.11. The van der Waals surface area contributed by atoms with Crippen molar-refractivity contribution in [3.8, 4) is 0 Å². The van der Waals surface area contributed by atoms with Crippen LogP contribution in [0.3, 0.4) is 0 Å². The zero-order valence-corrected chi connectivity index (χ0v) is 10.6. The topological polar surface area (TPSA) is 0 Å². The molecule has 0 aromatic rings. The van der Waals surface area contributed by atoms with Crippen molar-refractivity contribution in [2.24, 2.45) is 5.92 Å². The largest absolute Gasteiger partial charge is 0.136 e. The van der Waals surface area contributed by atoms with Crippen molar-refractivity contribution in [2.75, 3.05) is 0 Å². The maximum Gasteiger partial charge on any atom is 0.0479 e. The molecule has 1 unspecified atom stereocenters. The second kappa shape index (κ2) is 9.01. The lowest BCUT2D eigenvalue weighted by Crippen LogP contribution is -2.06. The van der Waals surface area contributed by atoms with Gasteiger partial charge in [-0.15, -0.1) is 12.6 Å². The molecule has 0 N–H and O–H groups in total. The Labute approximate surface area is 93.9 Å². The molecule has 0 fully saturated rings. The van der Waals surface area contributed by atoms with Crippen LogP contribution in [0, 0.1) is 5.92 Å².